The zero-order valence-electron chi connectivity index (χ0n) is 16.7. The van der Waals surface area contributed by atoms with E-state index in [4.69, 9.17) is 4.74 Å². The van der Waals surface area contributed by atoms with Crippen LogP contribution in [-0.2, 0) is 27.3 Å². The Morgan fingerprint density at radius 2 is 1.93 bits per heavy atom. The van der Waals surface area contributed by atoms with Gasteiger partial charge in [-0.1, -0.05) is 24.3 Å². The number of carbonyl (C=O) groups is 3. The average molecular weight is 408 g/mol. The van der Waals surface area contributed by atoms with Crippen LogP contribution in [0.2, 0.25) is 0 Å². The number of carboxylic acids is 1. The third-order valence-corrected chi connectivity index (χ3v) is 5.03. The molecule has 0 saturated carbocycles. The molecule has 1 aromatic carbocycles. The van der Waals surface area contributed by atoms with Gasteiger partial charge in [0.1, 0.15) is 11.6 Å². The minimum atomic E-state index is -1.33. The molecule has 1 heterocycles. The lowest BCUT2D eigenvalue weighted by molar-refractivity contribution is -0.308. The van der Waals surface area contributed by atoms with E-state index in [-0.39, 0.29) is 13.0 Å². The van der Waals surface area contributed by atoms with Gasteiger partial charge < -0.3 is 20.0 Å². The first-order valence-electron chi connectivity index (χ1n) is 9.19. The Kier molecular flexibility index (Phi) is 7.35. The second kappa shape index (κ2) is 9.32. The molecule has 1 aliphatic heterocycles. The van der Waals surface area contributed by atoms with E-state index >= 15 is 0 Å². The van der Waals surface area contributed by atoms with Crippen LogP contribution in [-0.4, -0.2) is 52.6 Å². The van der Waals surface area contributed by atoms with Gasteiger partial charge in [0.15, 0.2) is 0 Å². The number of nitrogens with zero attached hydrogens (tertiary/aromatic N) is 1. The Morgan fingerprint density at radius 1 is 1.29 bits per heavy atom. The molecule has 0 fully saturated rings. The highest BCUT2D eigenvalue weighted by Gasteiger charge is 2.37. The van der Waals surface area contributed by atoms with Gasteiger partial charge in [-0.05, 0) is 50.3 Å². The minimum Gasteiger partial charge on any atom is -0.548 e. The van der Waals surface area contributed by atoms with E-state index in [2.05, 4.69) is 5.32 Å². The van der Waals surface area contributed by atoms with Gasteiger partial charge in [0.2, 0.25) is 5.91 Å². The van der Waals surface area contributed by atoms with Crippen LogP contribution >= 0.6 is 11.8 Å². The van der Waals surface area contributed by atoms with Crippen molar-refractivity contribution in [1.29, 1.82) is 0 Å². The van der Waals surface area contributed by atoms with Crippen molar-refractivity contribution < 1.29 is 24.2 Å². The summed E-state index contributed by atoms with van der Waals surface area (Å²) in [5.41, 5.74) is 1.19. The van der Waals surface area contributed by atoms with Gasteiger partial charge in [-0.15, -0.1) is 0 Å². The Hall–Kier alpha value is -2.22. The Bertz CT molecular complexity index is 732. The largest absolute Gasteiger partial charge is 0.548 e. The molecule has 1 aliphatic rings. The van der Waals surface area contributed by atoms with Gasteiger partial charge in [-0.3, -0.25) is 9.69 Å². The summed E-state index contributed by atoms with van der Waals surface area (Å²) in [5.74, 6) is -1.28. The van der Waals surface area contributed by atoms with Gasteiger partial charge in [0, 0.05) is 6.42 Å². The molecule has 0 saturated heterocycles. The maximum atomic E-state index is 12.9. The van der Waals surface area contributed by atoms with Crippen molar-refractivity contribution in [1.82, 2.24) is 10.2 Å². The van der Waals surface area contributed by atoms with E-state index in [1.54, 1.807) is 20.8 Å². The predicted molar refractivity (Wildman–Crippen MR) is 106 cm³/mol. The molecule has 0 aromatic heterocycles. The van der Waals surface area contributed by atoms with E-state index < -0.39 is 35.7 Å². The summed E-state index contributed by atoms with van der Waals surface area (Å²) in [6.45, 7) is 5.50. The third-order valence-electron chi connectivity index (χ3n) is 4.39. The summed E-state index contributed by atoms with van der Waals surface area (Å²) in [7, 11) is 0. The topological polar surface area (TPSA) is 98.8 Å². The van der Waals surface area contributed by atoms with Crippen LogP contribution in [0.25, 0.3) is 0 Å². The zero-order valence-corrected chi connectivity index (χ0v) is 17.5. The monoisotopic (exact) mass is 407 g/mol. The number of fused-ring (bicyclic) bond motifs is 1. The van der Waals surface area contributed by atoms with E-state index in [9.17, 15) is 19.5 Å². The van der Waals surface area contributed by atoms with Gasteiger partial charge in [0.05, 0.1) is 18.6 Å². The van der Waals surface area contributed by atoms with Crippen molar-refractivity contribution in [2.45, 2.75) is 57.8 Å². The summed E-state index contributed by atoms with van der Waals surface area (Å²) in [5, 5.41) is 13.9. The molecule has 7 nitrogen and oxygen atoms in total. The summed E-state index contributed by atoms with van der Waals surface area (Å²) in [6.07, 6.45) is 1.81. The molecule has 28 heavy (non-hydrogen) atoms. The molecule has 0 radical (unpaired) electrons. The smallest absolute Gasteiger partial charge is 0.411 e. The van der Waals surface area contributed by atoms with Crippen molar-refractivity contribution in [2.75, 3.05) is 12.0 Å². The normalized spacial score (nSPS) is 17.4. The molecule has 0 bridgehead atoms. The Balaban J connectivity index is 2.24. The number of nitrogens with one attached hydrogen (secondary N) is 1. The number of amides is 2. The first kappa shape index (κ1) is 22.1. The highest BCUT2D eigenvalue weighted by Crippen LogP contribution is 2.25. The molecule has 0 aliphatic carbocycles. The first-order chi connectivity index (χ1) is 13.1. The molecular weight excluding hydrogens is 380 g/mol. The first-order valence-corrected chi connectivity index (χ1v) is 10.6. The van der Waals surface area contributed by atoms with Crippen molar-refractivity contribution >= 4 is 29.7 Å². The van der Waals surface area contributed by atoms with E-state index in [0.717, 1.165) is 11.1 Å². The highest BCUT2D eigenvalue weighted by atomic mass is 32.2. The van der Waals surface area contributed by atoms with Crippen molar-refractivity contribution in [3.63, 3.8) is 0 Å². The molecular formula is C20H27N2O5S-. The number of ether oxygens (including phenoxy) is 1. The third kappa shape index (κ3) is 5.89. The van der Waals surface area contributed by atoms with Crippen LogP contribution in [0.15, 0.2) is 24.3 Å². The summed E-state index contributed by atoms with van der Waals surface area (Å²) in [4.78, 5) is 38.4. The highest BCUT2D eigenvalue weighted by molar-refractivity contribution is 7.98. The second-order valence-electron chi connectivity index (χ2n) is 7.76. The van der Waals surface area contributed by atoms with Crippen molar-refractivity contribution in [3.05, 3.63) is 35.4 Å². The lowest BCUT2D eigenvalue weighted by atomic mass is 9.93. The molecule has 8 heteroatoms. The van der Waals surface area contributed by atoms with Gasteiger partial charge in [-0.25, -0.2) is 4.79 Å². The number of carboxylic acid groups (broad SMARTS) is 1. The van der Waals surface area contributed by atoms with Crippen molar-refractivity contribution in [2.24, 2.45) is 0 Å². The number of aliphatic carboxylic acids is 1. The van der Waals surface area contributed by atoms with E-state index in [0.29, 0.717) is 12.2 Å². The number of rotatable bonds is 6. The van der Waals surface area contributed by atoms with Crippen molar-refractivity contribution in [3.8, 4) is 0 Å². The predicted octanol–water partition coefficient (Wildman–Crippen LogP) is 1.34. The molecule has 154 valence electrons. The molecule has 2 amide bonds. The maximum absolute atomic E-state index is 12.9. The lowest BCUT2D eigenvalue weighted by Crippen LogP contribution is -2.57. The Morgan fingerprint density at radius 3 is 2.50 bits per heavy atom. The Labute approximate surface area is 169 Å². The zero-order chi connectivity index (χ0) is 20.9. The summed E-state index contributed by atoms with van der Waals surface area (Å²) >= 11 is 1.49. The van der Waals surface area contributed by atoms with Crippen LogP contribution in [0.1, 0.15) is 38.3 Å². The average Bonchev–Trinajstić information content (AvgIpc) is 2.62. The molecule has 2 atom stereocenters. The fourth-order valence-electron chi connectivity index (χ4n) is 3.02. The van der Waals surface area contributed by atoms with E-state index in [1.807, 2.05) is 30.5 Å². The number of hydrogen-bond donors (Lipinski definition) is 1. The van der Waals surface area contributed by atoms with Gasteiger partial charge >= 0.3 is 6.09 Å². The maximum Gasteiger partial charge on any atom is 0.411 e. The SMILES string of the molecule is CSCC[C@H](NC(=O)[C@@H]1Cc2ccccc2CN1C(=O)OC(C)(C)C)C(=O)[O-]. The number of benzene rings is 1. The standard InChI is InChI=1S/C20H28N2O5S/c1-20(2,3)27-19(26)22-12-14-8-6-5-7-13(14)11-16(22)17(23)21-15(18(24)25)9-10-28-4/h5-8,15-16H,9-12H2,1-4H3,(H,21,23)(H,24,25)/p-1/t15-,16-/m0/s1. The molecule has 0 spiro atoms. The van der Waals surface area contributed by atoms with Gasteiger partial charge in [0.25, 0.3) is 0 Å². The van der Waals surface area contributed by atoms with Crippen LogP contribution in [0.5, 0.6) is 0 Å². The summed E-state index contributed by atoms with van der Waals surface area (Å²) < 4.78 is 5.46. The molecule has 2 rings (SSSR count). The molecule has 0 unspecified atom stereocenters. The fraction of sp³-hybridized carbons (Fsp3) is 0.550. The van der Waals surface area contributed by atoms with Crippen LogP contribution in [0.3, 0.4) is 0 Å². The van der Waals surface area contributed by atoms with Crippen LogP contribution < -0.4 is 10.4 Å². The quantitative estimate of drug-likeness (QED) is 0.764. The fourth-order valence-corrected chi connectivity index (χ4v) is 3.49. The van der Waals surface area contributed by atoms with Crippen LogP contribution in [0, 0.1) is 0 Å². The van der Waals surface area contributed by atoms with Crippen LogP contribution in [0.4, 0.5) is 4.79 Å². The summed E-state index contributed by atoms with van der Waals surface area (Å²) in [6, 6.07) is 5.62. The molecule has 1 aromatic rings. The molecule has 1 N–H and O–H groups in total. The second-order valence-corrected chi connectivity index (χ2v) is 8.74. The number of carbonyl (C=O) groups excluding carboxylic acids is 3. The number of thioether (sulfide) groups is 1. The van der Waals surface area contributed by atoms with E-state index in [1.165, 1.54) is 16.7 Å². The minimum absolute atomic E-state index is 0.226. The van der Waals surface area contributed by atoms with Gasteiger partial charge in [-0.2, -0.15) is 11.8 Å². The lowest BCUT2D eigenvalue weighted by Gasteiger charge is -2.37. The number of hydrogen-bond acceptors (Lipinski definition) is 6.